The van der Waals surface area contributed by atoms with Crippen molar-refractivity contribution in [2.24, 2.45) is 0 Å². The quantitative estimate of drug-likeness (QED) is 0.687. The molecular formula is C15H24ClN5O3S. The van der Waals surface area contributed by atoms with Gasteiger partial charge in [0.15, 0.2) is 0 Å². The number of rotatable bonds is 4. The summed E-state index contributed by atoms with van der Waals surface area (Å²) in [6.07, 6.45) is 1.26. The Morgan fingerprint density at radius 1 is 1.08 bits per heavy atom. The molecule has 1 aromatic rings. The zero-order chi connectivity index (χ0) is 18.0. The summed E-state index contributed by atoms with van der Waals surface area (Å²) >= 11 is 6.16. The summed E-state index contributed by atoms with van der Waals surface area (Å²) in [6, 6.07) is 0. The average molecular weight is 390 g/mol. The lowest BCUT2D eigenvalue weighted by Gasteiger charge is -2.34. The Hall–Kier alpha value is -1.00. The molecule has 10 heteroatoms. The third-order valence-corrected chi connectivity index (χ3v) is 6.15. The molecule has 2 saturated heterocycles. The number of hydrogen-bond acceptors (Lipinski definition) is 7. The van der Waals surface area contributed by atoms with Crippen LogP contribution in [0.15, 0.2) is 0 Å². The van der Waals surface area contributed by atoms with Gasteiger partial charge < -0.3 is 9.64 Å². The van der Waals surface area contributed by atoms with Crippen LogP contribution in [0.5, 0.6) is 0 Å². The van der Waals surface area contributed by atoms with Gasteiger partial charge in [-0.05, 0) is 18.5 Å². The van der Waals surface area contributed by atoms with Crippen LogP contribution in [-0.2, 0) is 21.3 Å². The molecule has 25 heavy (non-hydrogen) atoms. The van der Waals surface area contributed by atoms with Gasteiger partial charge in [0.1, 0.15) is 5.82 Å². The summed E-state index contributed by atoms with van der Waals surface area (Å²) in [5, 5.41) is 0.247. The first-order valence-corrected chi connectivity index (χ1v) is 10.6. The first-order chi connectivity index (χ1) is 11.8. The molecule has 0 saturated carbocycles. The molecule has 2 fully saturated rings. The van der Waals surface area contributed by atoms with Crippen LogP contribution in [-0.4, -0.2) is 86.3 Å². The summed E-state index contributed by atoms with van der Waals surface area (Å²) in [7, 11) is -3.12. The minimum Gasteiger partial charge on any atom is -0.378 e. The zero-order valence-electron chi connectivity index (χ0n) is 14.6. The summed E-state index contributed by atoms with van der Waals surface area (Å²) < 4.78 is 30.2. The number of anilines is 1. The van der Waals surface area contributed by atoms with Crippen LogP contribution in [0.2, 0.25) is 5.28 Å². The zero-order valence-corrected chi connectivity index (χ0v) is 16.2. The minimum atomic E-state index is -3.12. The highest BCUT2D eigenvalue weighted by Gasteiger charge is 2.25. The van der Waals surface area contributed by atoms with Gasteiger partial charge in [-0.3, -0.25) is 4.90 Å². The molecule has 0 N–H and O–H groups in total. The van der Waals surface area contributed by atoms with Gasteiger partial charge in [-0.2, -0.15) is 4.31 Å². The third-order valence-electron chi connectivity index (χ3n) is 4.68. The van der Waals surface area contributed by atoms with Crippen molar-refractivity contribution < 1.29 is 13.2 Å². The Kier molecular flexibility index (Phi) is 5.79. The average Bonchev–Trinajstić information content (AvgIpc) is 2.58. The van der Waals surface area contributed by atoms with E-state index in [1.807, 2.05) is 6.92 Å². The molecule has 2 aliphatic rings. The highest BCUT2D eigenvalue weighted by atomic mass is 35.5. The van der Waals surface area contributed by atoms with Crippen molar-refractivity contribution in [2.75, 3.05) is 63.6 Å². The van der Waals surface area contributed by atoms with Gasteiger partial charge in [0.05, 0.1) is 25.2 Å². The third kappa shape index (κ3) is 4.59. The van der Waals surface area contributed by atoms with Gasteiger partial charge in [-0.15, -0.1) is 0 Å². The van der Waals surface area contributed by atoms with E-state index in [9.17, 15) is 8.42 Å². The Balaban J connectivity index is 1.71. The minimum absolute atomic E-state index is 0.247. The van der Waals surface area contributed by atoms with E-state index in [2.05, 4.69) is 19.8 Å². The van der Waals surface area contributed by atoms with Crippen LogP contribution in [0.25, 0.3) is 0 Å². The molecule has 0 aliphatic carbocycles. The van der Waals surface area contributed by atoms with E-state index in [0.717, 1.165) is 30.2 Å². The van der Waals surface area contributed by atoms with Crippen LogP contribution in [0.3, 0.4) is 0 Å². The summed E-state index contributed by atoms with van der Waals surface area (Å²) in [4.78, 5) is 13.2. The van der Waals surface area contributed by atoms with Crippen molar-refractivity contribution in [1.82, 2.24) is 19.2 Å². The lowest BCUT2D eigenvalue weighted by atomic mass is 10.2. The number of ether oxygens (including phenoxy) is 1. The lowest BCUT2D eigenvalue weighted by molar-refractivity contribution is 0.122. The Bertz CT molecular complexity index is 716. The Labute approximate surface area is 153 Å². The molecular weight excluding hydrogens is 366 g/mol. The van der Waals surface area contributed by atoms with Crippen molar-refractivity contribution in [1.29, 1.82) is 0 Å². The van der Waals surface area contributed by atoms with Crippen molar-refractivity contribution in [3.8, 4) is 0 Å². The fourth-order valence-corrected chi connectivity index (χ4v) is 4.20. The summed E-state index contributed by atoms with van der Waals surface area (Å²) in [5.41, 5.74) is 1.92. The molecule has 8 nitrogen and oxygen atoms in total. The van der Waals surface area contributed by atoms with E-state index in [4.69, 9.17) is 16.3 Å². The molecule has 0 radical (unpaired) electrons. The smallest absolute Gasteiger partial charge is 0.224 e. The Morgan fingerprint density at radius 3 is 2.32 bits per heavy atom. The predicted molar refractivity (Wildman–Crippen MR) is 96.5 cm³/mol. The summed E-state index contributed by atoms with van der Waals surface area (Å²) in [6.45, 7) is 7.99. The summed E-state index contributed by atoms with van der Waals surface area (Å²) in [5.74, 6) is 0.869. The van der Waals surface area contributed by atoms with Crippen LogP contribution in [0, 0.1) is 6.92 Å². The maximum Gasteiger partial charge on any atom is 0.224 e. The molecule has 0 amide bonds. The van der Waals surface area contributed by atoms with Crippen LogP contribution in [0.4, 0.5) is 5.82 Å². The molecule has 0 aromatic carbocycles. The van der Waals surface area contributed by atoms with Crippen LogP contribution < -0.4 is 4.90 Å². The van der Waals surface area contributed by atoms with Gasteiger partial charge in [0.2, 0.25) is 15.3 Å². The molecule has 140 valence electrons. The van der Waals surface area contributed by atoms with Crippen LogP contribution >= 0.6 is 11.6 Å². The molecule has 0 atom stereocenters. The van der Waals surface area contributed by atoms with E-state index in [0.29, 0.717) is 45.9 Å². The molecule has 0 unspecified atom stereocenters. The predicted octanol–water partition coefficient (Wildman–Crippen LogP) is 0.352. The van der Waals surface area contributed by atoms with Gasteiger partial charge in [0, 0.05) is 51.4 Å². The maximum absolute atomic E-state index is 11.6. The van der Waals surface area contributed by atoms with Crippen LogP contribution in [0.1, 0.15) is 11.3 Å². The van der Waals surface area contributed by atoms with E-state index in [1.54, 1.807) is 0 Å². The van der Waals surface area contributed by atoms with E-state index in [-0.39, 0.29) is 5.28 Å². The first-order valence-electron chi connectivity index (χ1n) is 8.38. The highest BCUT2D eigenvalue weighted by Crippen LogP contribution is 2.24. The second kappa shape index (κ2) is 7.71. The lowest BCUT2D eigenvalue weighted by Crippen LogP contribution is -2.48. The van der Waals surface area contributed by atoms with Gasteiger partial charge >= 0.3 is 0 Å². The molecule has 0 spiro atoms. The van der Waals surface area contributed by atoms with Gasteiger partial charge in [-0.25, -0.2) is 18.4 Å². The number of halogens is 1. The largest absolute Gasteiger partial charge is 0.378 e. The number of hydrogen-bond donors (Lipinski definition) is 0. The number of nitrogens with zero attached hydrogens (tertiary/aromatic N) is 5. The van der Waals surface area contributed by atoms with E-state index in [1.165, 1.54) is 10.6 Å². The fourth-order valence-electron chi connectivity index (χ4n) is 3.19. The van der Waals surface area contributed by atoms with Gasteiger partial charge in [0.25, 0.3) is 0 Å². The number of piperazine rings is 1. The maximum atomic E-state index is 11.6. The first kappa shape index (κ1) is 18.8. The fraction of sp³-hybridized carbons (Fsp3) is 0.733. The van der Waals surface area contributed by atoms with E-state index >= 15 is 0 Å². The van der Waals surface area contributed by atoms with Crippen molar-refractivity contribution in [2.45, 2.75) is 13.5 Å². The topological polar surface area (TPSA) is 78.9 Å². The normalized spacial score (nSPS) is 20.8. The Morgan fingerprint density at radius 2 is 1.72 bits per heavy atom. The van der Waals surface area contributed by atoms with Crippen molar-refractivity contribution >= 4 is 27.4 Å². The molecule has 0 bridgehead atoms. The number of sulfonamides is 1. The monoisotopic (exact) mass is 389 g/mol. The van der Waals surface area contributed by atoms with Gasteiger partial charge in [-0.1, -0.05) is 0 Å². The molecule has 3 rings (SSSR count). The molecule has 1 aromatic heterocycles. The molecule has 2 aliphatic heterocycles. The van der Waals surface area contributed by atoms with Crippen molar-refractivity contribution in [3.05, 3.63) is 16.5 Å². The number of aromatic nitrogens is 2. The second-order valence-corrected chi connectivity index (χ2v) is 8.75. The number of morpholine rings is 1. The van der Waals surface area contributed by atoms with E-state index < -0.39 is 10.0 Å². The molecule has 3 heterocycles. The second-order valence-electron chi connectivity index (χ2n) is 6.43. The SMILES string of the molecule is Cc1c(CN2CCN(S(C)(=O)=O)CC2)nc(Cl)nc1N1CCOCC1. The van der Waals surface area contributed by atoms with Crippen molar-refractivity contribution in [3.63, 3.8) is 0 Å². The standard InChI is InChI=1S/C15H24ClN5O3S/c1-12-13(11-19-3-5-21(6-4-19)25(2,22)23)17-15(16)18-14(12)20-7-9-24-10-8-20/h3-11H2,1-2H3. The highest BCUT2D eigenvalue weighted by molar-refractivity contribution is 7.88.